The molecule has 4 aromatic carbocycles. The lowest BCUT2D eigenvalue weighted by molar-refractivity contribution is -0.118. The molecule has 1 aromatic heterocycles. The third-order valence-electron chi connectivity index (χ3n) is 6.25. The van der Waals surface area contributed by atoms with E-state index >= 15 is 0 Å². The van der Waals surface area contributed by atoms with Gasteiger partial charge in [0.25, 0.3) is 11.8 Å². The van der Waals surface area contributed by atoms with Crippen molar-refractivity contribution in [3.8, 4) is 22.8 Å². The summed E-state index contributed by atoms with van der Waals surface area (Å²) in [6.07, 6.45) is 1.49. The number of nitrogens with zero attached hydrogens (tertiary/aromatic N) is 2. The molecule has 9 nitrogen and oxygen atoms in total. The van der Waals surface area contributed by atoms with E-state index in [0.717, 1.165) is 22.1 Å². The van der Waals surface area contributed by atoms with Crippen LogP contribution in [0.4, 0.5) is 16.5 Å². The van der Waals surface area contributed by atoms with Gasteiger partial charge in [-0.05, 0) is 85.3 Å². The summed E-state index contributed by atoms with van der Waals surface area (Å²) in [6, 6.07) is 24.3. The number of aromatic nitrogens is 1. The molecular formula is C33H26Cl3N5O4S. The monoisotopic (exact) mass is 693 g/mol. The molecule has 2 amide bonds. The topological polar surface area (TPSA) is 114 Å². The smallest absolute Gasteiger partial charge is 0.271 e. The number of nitrogens with one attached hydrogen (secondary N) is 3. The molecule has 0 saturated heterocycles. The molecule has 46 heavy (non-hydrogen) atoms. The Bertz CT molecular complexity index is 1860. The minimum atomic E-state index is -0.385. The Balaban J connectivity index is 1.14. The molecule has 0 spiro atoms. The first-order valence-corrected chi connectivity index (χ1v) is 15.8. The van der Waals surface area contributed by atoms with Gasteiger partial charge in [0.1, 0.15) is 0 Å². The van der Waals surface area contributed by atoms with Gasteiger partial charge >= 0.3 is 0 Å². The highest BCUT2D eigenvalue weighted by molar-refractivity contribution is 7.14. The number of thiazole rings is 1. The van der Waals surface area contributed by atoms with Crippen LogP contribution < -0.4 is 25.5 Å². The molecule has 0 bridgehead atoms. The predicted molar refractivity (Wildman–Crippen MR) is 186 cm³/mol. The highest BCUT2D eigenvalue weighted by atomic mass is 35.5. The Kier molecular flexibility index (Phi) is 11.1. The van der Waals surface area contributed by atoms with Crippen molar-refractivity contribution < 1.29 is 19.1 Å². The van der Waals surface area contributed by atoms with Gasteiger partial charge in [0, 0.05) is 32.9 Å². The molecule has 5 aromatic rings. The van der Waals surface area contributed by atoms with Crippen LogP contribution >= 0.6 is 46.1 Å². The van der Waals surface area contributed by atoms with Crippen LogP contribution in [0, 0.1) is 0 Å². The first kappa shape index (κ1) is 32.8. The fourth-order valence-electron chi connectivity index (χ4n) is 4.05. The highest BCUT2D eigenvalue weighted by Crippen LogP contribution is 2.30. The van der Waals surface area contributed by atoms with Crippen LogP contribution in [-0.2, 0) is 4.79 Å². The van der Waals surface area contributed by atoms with Crippen LogP contribution in [0.2, 0.25) is 15.1 Å². The molecule has 3 N–H and O–H groups in total. The average Bonchev–Trinajstić information content (AvgIpc) is 3.52. The lowest BCUT2D eigenvalue weighted by Crippen LogP contribution is -2.20. The number of amides is 2. The van der Waals surface area contributed by atoms with E-state index in [2.05, 4.69) is 26.1 Å². The van der Waals surface area contributed by atoms with Crippen LogP contribution in [-0.4, -0.2) is 36.2 Å². The maximum atomic E-state index is 12.7. The van der Waals surface area contributed by atoms with E-state index in [1.54, 1.807) is 48.5 Å². The van der Waals surface area contributed by atoms with Crippen LogP contribution in [0.15, 0.2) is 95.4 Å². The van der Waals surface area contributed by atoms with Crippen molar-refractivity contribution in [3.63, 3.8) is 0 Å². The van der Waals surface area contributed by atoms with Gasteiger partial charge in [0.15, 0.2) is 23.2 Å². The second kappa shape index (κ2) is 15.6. The minimum absolute atomic E-state index is 0.257. The van der Waals surface area contributed by atoms with Gasteiger partial charge in [-0.1, -0.05) is 46.9 Å². The number of benzene rings is 4. The van der Waals surface area contributed by atoms with Crippen molar-refractivity contribution >= 4 is 80.7 Å². The number of hydrazone groups is 1. The summed E-state index contributed by atoms with van der Waals surface area (Å²) in [7, 11) is 0. The van der Waals surface area contributed by atoms with Crippen molar-refractivity contribution in [1.82, 2.24) is 10.4 Å². The summed E-state index contributed by atoms with van der Waals surface area (Å²) in [5.74, 6) is 0.0403. The van der Waals surface area contributed by atoms with Gasteiger partial charge in [0.05, 0.1) is 28.6 Å². The average molecular weight is 695 g/mol. The van der Waals surface area contributed by atoms with Crippen molar-refractivity contribution in [1.29, 1.82) is 0 Å². The molecule has 0 aliphatic carbocycles. The Morgan fingerprint density at radius 1 is 0.870 bits per heavy atom. The molecule has 0 radical (unpaired) electrons. The Labute approximate surface area is 284 Å². The molecule has 5 rings (SSSR count). The SMILES string of the molecule is CCOc1cc(/C=N\NC(=O)c2ccc(-c3csc(Nc4ccc(Cl)cc4)n3)cc2)ccc1OCC(=O)Nc1ccc(Cl)c(Cl)c1. The van der Waals surface area contributed by atoms with E-state index in [1.807, 2.05) is 48.7 Å². The fourth-order valence-corrected chi connectivity index (χ4v) is 5.21. The third kappa shape index (κ3) is 8.98. The zero-order chi connectivity index (χ0) is 32.5. The van der Waals surface area contributed by atoms with Gasteiger partial charge in [0.2, 0.25) is 0 Å². The summed E-state index contributed by atoms with van der Waals surface area (Å²) in [4.78, 5) is 29.7. The van der Waals surface area contributed by atoms with Crippen LogP contribution in [0.5, 0.6) is 11.5 Å². The first-order valence-electron chi connectivity index (χ1n) is 13.8. The van der Waals surface area contributed by atoms with Gasteiger partial charge in [-0.25, -0.2) is 10.4 Å². The summed E-state index contributed by atoms with van der Waals surface area (Å²) in [5, 5.41) is 14.1. The van der Waals surface area contributed by atoms with Crippen LogP contribution in [0.25, 0.3) is 11.3 Å². The summed E-state index contributed by atoms with van der Waals surface area (Å²) < 4.78 is 11.4. The summed E-state index contributed by atoms with van der Waals surface area (Å²) >= 11 is 19.4. The Hall–Kier alpha value is -4.61. The third-order valence-corrected chi connectivity index (χ3v) is 8.00. The zero-order valence-electron chi connectivity index (χ0n) is 24.2. The molecule has 234 valence electrons. The number of hydrogen-bond donors (Lipinski definition) is 3. The molecule has 1 heterocycles. The number of anilines is 3. The van der Waals surface area contributed by atoms with Crippen molar-refractivity contribution in [3.05, 3.63) is 117 Å². The normalized spacial score (nSPS) is 10.9. The molecule has 13 heteroatoms. The van der Waals surface area contributed by atoms with Gasteiger partial charge < -0.3 is 20.1 Å². The van der Waals surface area contributed by atoms with Crippen molar-refractivity contribution in [2.24, 2.45) is 5.10 Å². The molecule has 0 unspecified atom stereocenters. The zero-order valence-corrected chi connectivity index (χ0v) is 27.3. The molecule has 0 aliphatic rings. The van der Waals surface area contributed by atoms with Gasteiger partial charge in [-0.3, -0.25) is 9.59 Å². The lowest BCUT2D eigenvalue weighted by atomic mass is 10.1. The van der Waals surface area contributed by atoms with E-state index in [0.29, 0.717) is 50.0 Å². The maximum Gasteiger partial charge on any atom is 0.271 e. The van der Waals surface area contributed by atoms with Crippen LogP contribution in [0.1, 0.15) is 22.8 Å². The van der Waals surface area contributed by atoms with Gasteiger partial charge in [-0.2, -0.15) is 5.10 Å². The van der Waals surface area contributed by atoms with Crippen LogP contribution in [0.3, 0.4) is 0 Å². The standard InChI is InChI=1S/C33H26Cl3N5O4S/c1-2-44-30-15-20(3-14-29(30)45-18-31(42)38-25-12-13-26(35)27(36)16-25)17-37-41-32(43)22-6-4-21(5-7-22)28-19-46-33(40-28)39-24-10-8-23(34)9-11-24/h3-17,19H,2,18H2,1H3,(H,38,42)(H,39,40)(H,41,43)/b37-17-. The molecular weight excluding hydrogens is 669 g/mol. The summed E-state index contributed by atoms with van der Waals surface area (Å²) in [5.41, 5.74) is 6.67. The minimum Gasteiger partial charge on any atom is -0.490 e. The van der Waals surface area contributed by atoms with E-state index in [1.165, 1.54) is 17.6 Å². The molecule has 0 fully saturated rings. The maximum absolute atomic E-state index is 12.7. The van der Waals surface area contributed by atoms with Crippen molar-refractivity contribution in [2.75, 3.05) is 23.8 Å². The second-order valence-electron chi connectivity index (χ2n) is 9.55. The number of rotatable bonds is 12. The van der Waals surface area contributed by atoms with Crippen molar-refractivity contribution in [2.45, 2.75) is 6.92 Å². The molecule has 0 saturated carbocycles. The predicted octanol–water partition coefficient (Wildman–Crippen LogP) is 8.69. The lowest BCUT2D eigenvalue weighted by Gasteiger charge is -2.13. The summed E-state index contributed by atoms with van der Waals surface area (Å²) in [6.45, 7) is 1.95. The number of hydrogen-bond acceptors (Lipinski definition) is 8. The Morgan fingerprint density at radius 3 is 2.37 bits per heavy atom. The van der Waals surface area contributed by atoms with E-state index in [-0.39, 0.29) is 18.4 Å². The number of halogens is 3. The number of carbonyl (C=O) groups excluding carboxylic acids is 2. The molecule has 0 atom stereocenters. The highest BCUT2D eigenvalue weighted by Gasteiger charge is 2.11. The number of ether oxygens (including phenoxy) is 2. The molecule has 0 aliphatic heterocycles. The van der Waals surface area contributed by atoms with E-state index in [9.17, 15) is 9.59 Å². The first-order chi connectivity index (χ1) is 22.3. The second-order valence-corrected chi connectivity index (χ2v) is 11.7. The quantitative estimate of drug-likeness (QED) is 0.0890. The Morgan fingerprint density at radius 2 is 1.63 bits per heavy atom. The largest absolute Gasteiger partial charge is 0.490 e. The van der Waals surface area contributed by atoms with E-state index in [4.69, 9.17) is 44.3 Å². The van der Waals surface area contributed by atoms with Gasteiger partial charge in [-0.15, -0.1) is 11.3 Å². The number of carbonyl (C=O) groups is 2. The van der Waals surface area contributed by atoms with E-state index < -0.39 is 0 Å². The fraction of sp³-hybridized carbons (Fsp3) is 0.0909.